The van der Waals surface area contributed by atoms with Gasteiger partial charge < -0.3 is 15.3 Å². The zero-order valence-electron chi connectivity index (χ0n) is 16.4. The van der Waals surface area contributed by atoms with E-state index in [-0.39, 0.29) is 32.0 Å². The van der Waals surface area contributed by atoms with E-state index in [9.17, 15) is 36.2 Å². The minimum absolute atomic E-state index is 0.00175. The molecule has 0 spiro atoms. The van der Waals surface area contributed by atoms with E-state index in [1.807, 2.05) is 19.1 Å². The Kier molecular flexibility index (Phi) is 5.96. The number of amides is 2. The molecule has 2 N–H and O–H groups in total. The second kappa shape index (κ2) is 8.07. The number of urea groups is 1. The van der Waals surface area contributed by atoms with Gasteiger partial charge in [-0.15, -0.1) is 0 Å². The van der Waals surface area contributed by atoms with Crippen molar-refractivity contribution in [3.8, 4) is 0 Å². The summed E-state index contributed by atoms with van der Waals surface area (Å²) < 4.78 is 77.9. The number of halogens is 6. The summed E-state index contributed by atoms with van der Waals surface area (Å²) in [5.41, 5.74) is -3.08. The number of carbonyl (C=O) groups is 1. The number of aliphatic hydroxyl groups is 1. The van der Waals surface area contributed by atoms with E-state index in [2.05, 4.69) is 5.32 Å². The molecule has 0 bridgehead atoms. The fourth-order valence-corrected chi connectivity index (χ4v) is 3.46. The van der Waals surface area contributed by atoms with Gasteiger partial charge in [0.2, 0.25) is 0 Å². The van der Waals surface area contributed by atoms with Crippen molar-refractivity contribution in [2.75, 3.05) is 18.4 Å². The predicted molar refractivity (Wildman–Crippen MR) is 101 cm³/mol. The zero-order chi connectivity index (χ0) is 23.0. The first-order valence-corrected chi connectivity index (χ1v) is 9.43. The van der Waals surface area contributed by atoms with E-state index in [1.54, 1.807) is 12.1 Å². The van der Waals surface area contributed by atoms with Crippen LogP contribution in [0.3, 0.4) is 0 Å². The van der Waals surface area contributed by atoms with Crippen LogP contribution in [0.15, 0.2) is 42.5 Å². The summed E-state index contributed by atoms with van der Waals surface area (Å²) in [4.78, 5) is 13.7. The zero-order valence-corrected chi connectivity index (χ0v) is 16.4. The summed E-state index contributed by atoms with van der Waals surface area (Å²) in [5.74, 6) is 0. The molecule has 3 rings (SSSR count). The number of anilines is 1. The summed E-state index contributed by atoms with van der Waals surface area (Å²) in [5, 5.41) is 13.0. The van der Waals surface area contributed by atoms with Crippen LogP contribution in [0, 0.1) is 6.92 Å². The number of nitrogens with one attached hydrogen (secondary N) is 1. The maximum atomic E-state index is 13.0. The first kappa shape index (κ1) is 22.9. The number of rotatable bonds is 2. The molecule has 0 saturated carbocycles. The number of piperidine rings is 1. The average Bonchev–Trinajstić information content (AvgIpc) is 2.67. The lowest BCUT2D eigenvalue weighted by atomic mass is 9.84. The van der Waals surface area contributed by atoms with E-state index < -0.39 is 40.8 Å². The molecule has 1 aliphatic heterocycles. The van der Waals surface area contributed by atoms with Crippen LogP contribution in [-0.2, 0) is 18.0 Å². The molecule has 0 radical (unpaired) electrons. The lowest BCUT2D eigenvalue weighted by Crippen LogP contribution is -2.46. The Hall–Kier alpha value is -2.75. The van der Waals surface area contributed by atoms with Gasteiger partial charge in [-0.1, -0.05) is 29.8 Å². The van der Waals surface area contributed by atoms with Crippen molar-refractivity contribution in [2.45, 2.75) is 37.7 Å². The summed E-state index contributed by atoms with van der Waals surface area (Å²) in [6, 6.07) is 7.34. The molecule has 1 fully saturated rings. The molecule has 168 valence electrons. The average molecular weight is 446 g/mol. The third-order valence-corrected chi connectivity index (χ3v) is 5.31. The Morgan fingerprint density at radius 3 is 1.87 bits per heavy atom. The predicted octanol–water partition coefficient (Wildman–Crippen LogP) is 5.55. The van der Waals surface area contributed by atoms with Gasteiger partial charge in [0.1, 0.15) is 0 Å². The van der Waals surface area contributed by atoms with Crippen LogP contribution in [0.4, 0.5) is 36.8 Å². The van der Waals surface area contributed by atoms with Crippen molar-refractivity contribution in [3.63, 3.8) is 0 Å². The van der Waals surface area contributed by atoms with E-state index in [1.165, 1.54) is 4.90 Å². The molecule has 10 heteroatoms. The van der Waals surface area contributed by atoms with Gasteiger partial charge in [0.25, 0.3) is 0 Å². The molecule has 0 aliphatic carbocycles. The number of hydrogen-bond donors (Lipinski definition) is 2. The molecule has 2 aromatic carbocycles. The fourth-order valence-electron chi connectivity index (χ4n) is 3.46. The van der Waals surface area contributed by atoms with Crippen molar-refractivity contribution < 1.29 is 36.2 Å². The van der Waals surface area contributed by atoms with Gasteiger partial charge in [0.05, 0.1) is 16.7 Å². The standard InChI is InChI=1S/C21H20F6N2O2/c1-13-2-4-14(5-3-13)19(31)6-8-29(9-7-19)18(30)28-17-11-15(20(22,23)24)10-16(12-17)21(25,26)27/h2-5,10-12,31H,6-9H2,1H3,(H,28,30). The Morgan fingerprint density at radius 1 is 0.935 bits per heavy atom. The van der Waals surface area contributed by atoms with E-state index >= 15 is 0 Å². The quantitative estimate of drug-likeness (QED) is 0.595. The highest BCUT2D eigenvalue weighted by Crippen LogP contribution is 2.38. The third kappa shape index (κ3) is 5.30. The number of nitrogens with zero attached hydrogens (tertiary/aromatic N) is 1. The second-order valence-corrected chi connectivity index (χ2v) is 7.61. The Balaban J connectivity index is 1.73. The summed E-state index contributed by atoms with van der Waals surface area (Å²) >= 11 is 0. The Morgan fingerprint density at radius 2 is 1.42 bits per heavy atom. The fraction of sp³-hybridized carbons (Fsp3) is 0.381. The molecule has 0 atom stereocenters. The van der Waals surface area contributed by atoms with Crippen LogP contribution < -0.4 is 5.32 Å². The first-order chi connectivity index (χ1) is 14.3. The van der Waals surface area contributed by atoms with Crippen molar-refractivity contribution in [2.24, 2.45) is 0 Å². The van der Waals surface area contributed by atoms with Gasteiger partial charge in [-0.2, -0.15) is 26.3 Å². The number of likely N-dealkylation sites (tertiary alicyclic amines) is 1. The Labute approximate surface area is 174 Å². The number of carbonyl (C=O) groups excluding carboxylic acids is 1. The monoisotopic (exact) mass is 446 g/mol. The minimum Gasteiger partial charge on any atom is -0.385 e. The molecule has 2 amide bonds. The number of alkyl halides is 6. The maximum Gasteiger partial charge on any atom is 0.416 e. The molecular weight excluding hydrogens is 426 g/mol. The number of aryl methyl sites for hydroxylation is 1. The van der Waals surface area contributed by atoms with Crippen molar-refractivity contribution in [1.82, 2.24) is 4.90 Å². The first-order valence-electron chi connectivity index (χ1n) is 9.43. The summed E-state index contributed by atoms with van der Waals surface area (Å²) in [6.07, 6.45) is -9.65. The van der Waals surface area contributed by atoms with Crippen molar-refractivity contribution in [3.05, 3.63) is 64.7 Å². The maximum absolute atomic E-state index is 13.0. The topological polar surface area (TPSA) is 52.6 Å². The molecule has 31 heavy (non-hydrogen) atoms. The van der Waals surface area contributed by atoms with Gasteiger partial charge in [0, 0.05) is 18.8 Å². The lowest BCUT2D eigenvalue weighted by molar-refractivity contribution is -0.143. The van der Waals surface area contributed by atoms with Crippen LogP contribution in [0.1, 0.15) is 35.1 Å². The second-order valence-electron chi connectivity index (χ2n) is 7.61. The van der Waals surface area contributed by atoms with Crippen molar-refractivity contribution in [1.29, 1.82) is 0 Å². The lowest BCUT2D eigenvalue weighted by Gasteiger charge is -2.38. The van der Waals surface area contributed by atoms with Gasteiger partial charge in [0.15, 0.2) is 0 Å². The summed E-state index contributed by atoms with van der Waals surface area (Å²) in [7, 11) is 0. The van der Waals surface area contributed by atoms with Gasteiger partial charge in [-0.25, -0.2) is 4.79 Å². The van der Waals surface area contributed by atoms with E-state index in [0.29, 0.717) is 17.7 Å². The van der Waals surface area contributed by atoms with Gasteiger partial charge >= 0.3 is 18.4 Å². The number of benzene rings is 2. The highest BCUT2D eigenvalue weighted by atomic mass is 19.4. The highest BCUT2D eigenvalue weighted by molar-refractivity contribution is 5.89. The molecule has 1 heterocycles. The SMILES string of the molecule is Cc1ccc(C2(O)CCN(C(=O)Nc3cc(C(F)(F)F)cc(C(F)(F)F)c3)CC2)cc1. The van der Waals surface area contributed by atoms with Gasteiger partial charge in [-0.05, 0) is 43.5 Å². The van der Waals surface area contributed by atoms with Crippen LogP contribution in [-0.4, -0.2) is 29.1 Å². The molecule has 2 aromatic rings. The van der Waals surface area contributed by atoms with Crippen molar-refractivity contribution >= 4 is 11.7 Å². The Bertz CT molecular complexity index is 914. The molecule has 1 aliphatic rings. The highest BCUT2D eigenvalue weighted by Gasteiger charge is 2.38. The van der Waals surface area contributed by atoms with Crippen LogP contribution in [0.2, 0.25) is 0 Å². The molecule has 0 aromatic heterocycles. The number of hydrogen-bond acceptors (Lipinski definition) is 2. The largest absolute Gasteiger partial charge is 0.416 e. The minimum atomic E-state index is -5.00. The molecular formula is C21H20F6N2O2. The molecule has 4 nitrogen and oxygen atoms in total. The smallest absolute Gasteiger partial charge is 0.385 e. The summed E-state index contributed by atoms with van der Waals surface area (Å²) in [6.45, 7) is 2.07. The van der Waals surface area contributed by atoms with Gasteiger partial charge in [-0.3, -0.25) is 0 Å². The van der Waals surface area contributed by atoms with E-state index in [4.69, 9.17) is 0 Å². The normalized spacial score (nSPS) is 16.8. The molecule has 1 saturated heterocycles. The van der Waals surface area contributed by atoms with E-state index in [0.717, 1.165) is 5.56 Å². The van der Waals surface area contributed by atoms with Crippen LogP contribution >= 0.6 is 0 Å². The van der Waals surface area contributed by atoms with Crippen LogP contribution in [0.5, 0.6) is 0 Å². The van der Waals surface area contributed by atoms with Crippen LogP contribution in [0.25, 0.3) is 0 Å². The molecule has 0 unspecified atom stereocenters. The third-order valence-electron chi connectivity index (χ3n) is 5.31.